The number of fused-ring (bicyclic) bond motifs is 2. The lowest BCUT2D eigenvalue weighted by atomic mass is 10.1. The van der Waals surface area contributed by atoms with E-state index in [1.54, 1.807) is 50.2 Å². The first-order valence-electron chi connectivity index (χ1n) is 8.83. The van der Waals surface area contributed by atoms with Crippen LogP contribution in [0.2, 0.25) is 0 Å². The standard InChI is InChI=1S/C20H18N4O4/c1-3-24-20(26)15-7-5-4-6-14(15)18(23-24)19(25)22-21-12(2)13-8-9-16-17(10-13)28-11-27-16/h4-10H,3,11H2,1-2H3,(H,22,25)/b21-12-. The van der Waals surface area contributed by atoms with Crippen molar-refractivity contribution >= 4 is 22.4 Å². The molecule has 1 aromatic heterocycles. The maximum atomic E-state index is 12.7. The van der Waals surface area contributed by atoms with E-state index in [9.17, 15) is 9.59 Å². The molecule has 0 unspecified atom stereocenters. The van der Waals surface area contributed by atoms with Gasteiger partial charge in [-0.25, -0.2) is 10.1 Å². The lowest BCUT2D eigenvalue weighted by Crippen LogP contribution is -2.28. The number of ether oxygens (including phenoxy) is 2. The Kier molecular flexibility index (Phi) is 4.52. The molecule has 0 spiro atoms. The van der Waals surface area contributed by atoms with Gasteiger partial charge in [0.25, 0.3) is 11.5 Å². The number of aromatic nitrogens is 2. The zero-order valence-electron chi connectivity index (χ0n) is 15.4. The van der Waals surface area contributed by atoms with Crippen LogP contribution < -0.4 is 20.5 Å². The number of hydrogen-bond donors (Lipinski definition) is 1. The van der Waals surface area contributed by atoms with Crippen LogP contribution in [0.25, 0.3) is 10.8 Å². The van der Waals surface area contributed by atoms with Gasteiger partial charge in [0.15, 0.2) is 17.2 Å². The molecule has 3 aromatic rings. The van der Waals surface area contributed by atoms with Gasteiger partial charge >= 0.3 is 0 Å². The van der Waals surface area contributed by atoms with E-state index in [-0.39, 0.29) is 18.0 Å². The summed E-state index contributed by atoms with van der Waals surface area (Å²) in [4.78, 5) is 25.1. The van der Waals surface area contributed by atoms with Crippen molar-refractivity contribution in [2.24, 2.45) is 5.10 Å². The second-order valence-electron chi connectivity index (χ2n) is 6.22. The van der Waals surface area contributed by atoms with Gasteiger partial charge < -0.3 is 9.47 Å². The quantitative estimate of drug-likeness (QED) is 0.555. The van der Waals surface area contributed by atoms with Crippen LogP contribution in [-0.2, 0) is 6.54 Å². The molecule has 0 radical (unpaired) electrons. The van der Waals surface area contributed by atoms with Crippen molar-refractivity contribution in [2.75, 3.05) is 6.79 Å². The maximum absolute atomic E-state index is 12.7. The predicted molar refractivity (Wildman–Crippen MR) is 104 cm³/mol. The molecule has 8 nitrogen and oxygen atoms in total. The Morgan fingerprint density at radius 1 is 1.18 bits per heavy atom. The molecule has 0 bridgehead atoms. The fourth-order valence-electron chi connectivity index (χ4n) is 2.99. The molecule has 0 atom stereocenters. The Morgan fingerprint density at radius 2 is 1.93 bits per heavy atom. The number of nitrogens with one attached hydrogen (secondary N) is 1. The zero-order chi connectivity index (χ0) is 19.7. The van der Waals surface area contributed by atoms with Crippen molar-refractivity contribution in [3.05, 3.63) is 64.1 Å². The fraction of sp³-hybridized carbons (Fsp3) is 0.200. The summed E-state index contributed by atoms with van der Waals surface area (Å²) in [5.41, 5.74) is 3.84. The molecule has 0 saturated carbocycles. The summed E-state index contributed by atoms with van der Waals surface area (Å²) >= 11 is 0. The molecule has 0 fully saturated rings. The number of benzene rings is 2. The number of carbonyl (C=O) groups excluding carboxylic acids is 1. The number of hydrazone groups is 1. The van der Waals surface area contributed by atoms with E-state index in [1.165, 1.54) is 4.68 Å². The number of rotatable bonds is 4. The first kappa shape index (κ1) is 17.7. The summed E-state index contributed by atoms with van der Waals surface area (Å²) in [5, 5.41) is 9.31. The summed E-state index contributed by atoms with van der Waals surface area (Å²) in [6.45, 7) is 4.13. The highest BCUT2D eigenvalue weighted by Gasteiger charge is 2.17. The molecular formula is C20H18N4O4. The summed E-state index contributed by atoms with van der Waals surface area (Å²) in [7, 11) is 0. The molecule has 1 amide bonds. The molecule has 1 aliphatic heterocycles. The van der Waals surface area contributed by atoms with Crippen LogP contribution in [0.4, 0.5) is 0 Å². The lowest BCUT2D eigenvalue weighted by Gasteiger charge is -2.09. The summed E-state index contributed by atoms with van der Waals surface area (Å²) in [5.74, 6) is 0.831. The van der Waals surface area contributed by atoms with Crippen LogP contribution in [0, 0.1) is 0 Å². The number of aryl methyl sites for hydroxylation is 1. The molecular weight excluding hydrogens is 360 g/mol. The van der Waals surface area contributed by atoms with Crippen molar-refractivity contribution in [2.45, 2.75) is 20.4 Å². The molecule has 0 aliphatic carbocycles. The van der Waals surface area contributed by atoms with Crippen LogP contribution >= 0.6 is 0 Å². The van der Waals surface area contributed by atoms with Gasteiger partial charge in [0.2, 0.25) is 6.79 Å². The van der Waals surface area contributed by atoms with Crippen molar-refractivity contribution < 1.29 is 14.3 Å². The van der Waals surface area contributed by atoms with Crippen molar-refractivity contribution in [3.8, 4) is 11.5 Å². The highest BCUT2D eigenvalue weighted by Crippen LogP contribution is 2.32. The molecule has 0 saturated heterocycles. The average molecular weight is 378 g/mol. The highest BCUT2D eigenvalue weighted by atomic mass is 16.7. The smallest absolute Gasteiger partial charge is 0.292 e. The first-order chi connectivity index (χ1) is 13.6. The van der Waals surface area contributed by atoms with Gasteiger partial charge in [-0.2, -0.15) is 10.2 Å². The monoisotopic (exact) mass is 378 g/mol. The van der Waals surface area contributed by atoms with Gasteiger partial charge in [-0.1, -0.05) is 18.2 Å². The van der Waals surface area contributed by atoms with Gasteiger partial charge in [-0.15, -0.1) is 0 Å². The molecule has 2 aromatic carbocycles. The minimum atomic E-state index is -0.488. The third kappa shape index (κ3) is 3.09. The van der Waals surface area contributed by atoms with Crippen LogP contribution in [0.3, 0.4) is 0 Å². The number of nitrogens with zero attached hydrogens (tertiary/aromatic N) is 3. The van der Waals surface area contributed by atoms with Gasteiger partial charge in [-0.05, 0) is 38.1 Å². The van der Waals surface area contributed by atoms with E-state index in [1.807, 2.05) is 6.07 Å². The minimum absolute atomic E-state index is 0.152. The summed E-state index contributed by atoms with van der Waals surface area (Å²) in [6, 6.07) is 12.3. The third-order valence-corrected chi connectivity index (χ3v) is 4.50. The van der Waals surface area contributed by atoms with E-state index in [2.05, 4.69) is 15.6 Å². The Balaban J connectivity index is 1.64. The molecule has 8 heteroatoms. The lowest BCUT2D eigenvalue weighted by molar-refractivity contribution is 0.0949. The Labute approximate surface area is 160 Å². The average Bonchev–Trinajstić information content (AvgIpc) is 3.20. The van der Waals surface area contributed by atoms with Crippen LogP contribution in [0.1, 0.15) is 29.9 Å². The van der Waals surface area contributed by atoms with Crippen LogP contribution in [0.5, 0.6) is 11.5 Å². The van der Waals surface area contributed by atoms with Gasteiger partial charge in [0.1, 0.15) is 0 Å². The van der Waals surface area contributed by atoms with Crippen LogP contribution in [-0.4, -0.2) is 28.2 Å². The third-order valence-electron chi connectivity index (χ3n) is 4.50. The molecule has 1 N–H and O–H groups in total. The first-order valence-corrected chi connectivity index (χ1v) is 8.83. The van der Waals surface area contributed by atoms with Gasteiger partial charge in [-0.3, -0.25) is 9.59 Å². The van der Waals surface area contributed by atoms with E-state index in [0.29, 0.717) is 34.5 Å². The van der Waals surface area contributed by atoms with Gasteiger partial charge in [0, 0.05) is 17.5 Å². The van der Waals surface area contributed by atoms with Crippen molar-refractivity contribution in [1.29, 1.82) is 0 Å². The molecule has 2 heterocycles. The van der Waals surface area contributed by atoms with E-state index < -0.39 is 5.91 Å². The van der Waals surface area contributed by atoms with E-state index in [0.717, 1.165) is 5.56 Å². The predicted octanol–water partition coefficient (Wildman–Crippen LogP) is 2.30. The molecule has 28 heavy (non-hydrogen) atoms. The maximum Gasteiger partial charge on any atom is 0.292 e. The summed E-state index contributed by atoms with van der Waals surface area (Å²) < 4.78 is 11.9. The van der Waals surface area contributed by atoms with Crippen molar-refractivity contribution in [1.82, 2.24) is 15.2 Å². The topological polar surface area (TPSA) is 94.8 Å². The number of carbonyl (C=O) groups is 1. The Morgan fingerprint density at radius 3 is 2.71 bits per heavy atom. The van der Waals surface area contributed by atoms with Crippen molar-refractivity contribution in [3.63, 3.8) is 0 Å². The molecule has 1 aliphatic rings. The normalized spacial score (nSPS) is 13.0. The molecule has 4 rings (SSSR count). The van der Waals surface area contributed by atoms with Gasteiger partial charge in [0.05, 0.1) is 11.1 Å². The Bertz CT molecular complexity index is 1170. The summed E-state index contributed by atoms with van der Waals surface area (Å²) in [6.07, 6.45) is 0. The Hall–Kier alpha value is -3.68. The molecule has 142 valence electrons. The zero-order valence-corrected chi connectivity index (χ0v) is 15.4. The largest absolute Gasteiger partial charge is 0.454 e. The van der Waals surface area contributed by atoms with E-state index in [4.69, 9.17) is 9.47 Å². The fourth-order valence-corrected chi connectivity index (χ4v) is 2.99. The van der Waals surface area contributed by atoms with E-state index >= 15 is 0 Å². The van der Waals surface area contributed by atoms with Crippen LogP contribution in [0.15, 0.2) is 52.4 Å². The second-order valence-corrected chi connectivity index (χ2v) is 6.22. The number of amides is 1. The highest BCUT2D eigenvalue weighted by molar-refractivity contribution is 6.06. The SMILES string of the molecule is CCn1nc(C(=O)N/N=C(/C)c2ccc3c(c2)OCO3)c2ccccc2c1=O. The second kappa shape index (κ2) is 7.15. The minimum Gasteiger partial charge on any atom is -0.454 e. The number of hydrogen-bond acceptors (Lipinski definition) is 6.